The van der Waals surface area contributed by atoms with Crippen molar-refractivity contribution in [2.75, 3.05) is 6.61 Å². The van der Waals surface area contributed by atoms with E-state index in [1.807, 2.05) is 6.07 Å². The highest BCUT2D eigenvalue weighted by molar-refractivity contribution is 9.10. The molecular weight excluding hydrogens is 325 g/mol. The van der Waals surface area contributed by atoms with Crippen LogP contribution in [-0.4, -0.2) is 23.8 Å². The van der Waals surface area contributed by atoms with E-state index in [2.05, 4.69) is 26.2 Å². The number of nitrogens with zero attached hydrogens (tertiary/aromatic N) is 1. The highest BCUT2D eigenvalue weighted by Crippen LogP contribution is 2.25. The lowest BCUT2D eigenvalue weighted by Gasteiger charge is -2.12. The number of pyridine rings is 1. The highest BCUT2D eigenvalue weighted by atomic mass is 79.9. The Hall–Kier alpha value is -0.820. The first-order valence-electron chi connectivity index (χ1n) is 6.01. The van der Waals surface area contributed by atoms with Gasteiger partial charge in [-0.3, -0.25) is 0 Å². The molecule has 0 radical (unpaired) electrons. The molecule has 2 rings (SSSR count). The second-order valence-corrected chi connectivity index (χ2v) is 5.40. The van der Waals surface area contributed by atoms with E-state index < -0.39 is 19.2 Å². The van der Waals surface area contributed by atoms with Gasteiger partial charge < -0.3 is 10.1 Å². The molecule has 1 aliphatic carbocycles. The zero-order valence-electron chi connectivity index (χ0n) is 10.1. The molecule has 1 saturated carbocycles. The van der Waals surface area contributed by atoms with Gasteiger partial charge in [0, 0.05) is 28.8 Å². The van der Waals surface area contributed by atoms with Crippen molar-refractivity contribution < 1.29 is 17.9 Å². The minimum Gasteiger partial charge on any atom is -0.477 e. The number of halogens is 4. The topological polar surface area (TPSA) is 34.1 Å². The van der Waals surface area contributed by atoms with Crippen LogP contribution < -0.4 is 10.1 Å². The molecule has 106 valence electrons. The second-order valence-electron chi connectivity index (χ2n) is 4.49. The molecule has 0 aromatic carbocycles. The molecule has 1 aromatic rings. The average molecular weight is 339 g/mol. The summed E-state index contributed by atoms with van der Waals surface area (Å²) in [6.07, 6.45) is -1.37. The SMILES string of the molecule is FC(F)(F)CCOc1ncc(Br)cc1CNC1CC1. The number of nitrogens with one attached hydrogen (secondary N) is 1. The minimum atomic E-state index is -4.21. The molecule has 0 bridgehead atoms. The maximum absolute atomic E-state index is 12.1. The van der Waals surface area contributed by atoms with Crippen molar-refractivity contribution in [2.45, 2.75) is 38.0 Å². The maximum Gasteiger partial charge on any atom is 0.392 e. The Morgan fingerprint density at radius 1 is 1.42 bits per heavy atom. The molecular formula is C12H14BrF3N2O. The summed E-state index contributed by atoms with van der Waals surface area (Å²) in [5.41, 5.74) is 0.767. The molecule has 1 heterocycles. The highest BCUT2D eigenvalue weighted by Gasteiger charge is 2.27. The van der Waals surface area contributed by atoms with Crippen LogP contribution in [0.25, 0.3) is 0 Å². The zero-order chi connectivity index (χ0) is 13.9. The molecule has 1 fully saturated rings. The van der Waals surface area contributed by atoms with Crippen LogP contribution in [0.3, 0.4) is 0 Å². The monoisotopic (exact) mass is 338 g/mol. The van der Waals surface area contributed by atoms with Crippen molar-refractivity contribution in [3.8, 4) is 5.88 Å². The van der Waals surface area contributed by atoms with Crippen LogP contribution in [0.5, 0.6) is 5.88 Å². The van der Waals surface area contributed by atoms with E-state index in [-0.39, 0.29) is 5.88 Å². The normalized spacial score (nSPS) is 15.6. The second kappa shape index (κ2) is 6.09. The van der Waals surface area contributed by atoms with Gasteiger partial charge in [-0.15, -0.1) is 0 Å². The molecule has 1 N–H and O–H groups in total. The van der Waals surface area contributed by atoms with Gasteiger partial charge in [-0.2, -0.15) is 13.2 Å². The van der Waals surface area contributed by atoms with Crippen molar-refractivity contribution >= 4 is 15.9 Å². The third-order valence-electron chi connectivity index (χ3n) is 2.67. The Bertz CT molecular complexity index is 435. The molecule has 0 amide bonds. The van der Waals surface area contributed by atoms with Gasteiger partial charge in [-0.1, -0.05) is 0 Å². The third kappa shape index (κ3) is 5.36. The Morgan fingerprint density at radius 3 is 2.79 bits per heavy atom. The quantitative estimate of drug-likeness (QED) is 0.862. The summed E-state index contributed by atoms with van der Waals surface area (Å²) in [6.45, 7) is 0.146. The number of aromatic nitrogens is 1. The predicted octanol–water partition coefficient (Wildman–Crippen LogP) is 3.43. The van der Waals surface area contributed by atoms with Crippen LogP contribution in [0.1, 0.15) is 24.8 Å². The van der Waals surface area contributed by atoms with Gasteiger partial charge in [0.1, 0.15) is 0 Å². The zero-order valence-corrected chi connectivity index (χ0v) is 11.7. The summed E-state index contributed by atoms with van der Waals surface area (Å²) in [7, 11) is 0. The maximum atomic E-state index is 12.1. The molecule has 3 nitrogen and oxygen atoms in total. The Kier molecular flexibility index (Phi) is 4.67. The van der Waals surface area contributed by atoms with Gasteiger partial charge in [0.2, 0.25) is 5.88 Å². The first-order chi connectivity index (χ1) is 8.94. The van der Waals surface area contributed by atoms with Crippen molar-refractivity contribution in [1.82, 2.24) is 10.3 Å². The lowest BCUT2D eigenvalue weighted by molar-refractivity contribution is -0.139. The van der Waals surface area contributed by atoms with E-state index in [1.165, 1.54) is 6.20 Å². The van der Waals surface area contributed by atoms with E-state index in [1.54, 1.807) is 0 Å². The van der Waals surface area contributed by atoms with Crippen molar-refractivity contribution in [3.05, 3.63) is 22.3 Å². The van der Waals surface area contributed by atoms with E-state index in [0.717, 1.165) is 22.9 Å². The number of ether oxygens (including phenoxy) is 1. The first kappa shape index (κ1) is 14.6. The smallest absolute Gasteiger partial charge is 0.392 e. The van der Waals surface area contributed by atoms with Gasteiger partial charge in [-0.05, 0) is 34.8 Å². The molecule has 0 saturated heterocycles. The Morgan fingerprint density at radius 2 is 2.16 bits per heavy atom. The van der Waals surface area contributed by atoms with Crippen molar-refractivity contribution in [2.24, 2.45) is 0 Å². The number of alkyl halides is 3. The van der Waals surface area contributed by atoms with E-state index in [9.17, 15) is 13.2 Å². The lowest BCUT2D eigenvalue weighted by atomic mass is 10.2. The molecule has 0 unspecified atom stereocenters. The fourth-order valence-electron chi connectivity index (χ4n) is 1.53. The summed E-state index contributed by atoms with van der Waals surface area (Å²) < 4.78 is 42.1. The summed E-state index contributed by atoms with van der Waals surface area (Å²) in [5.74, 6) is 0.264. The summed E-state index contributed by atoms with van der Waals surface area (Å²) in [5, 5.41) is 3.28. The largest absolute Gasteiger partial charge is 0.477 e. The number of hydrogen-bond acceptors (Lipinski definition) is 3. The Labute approximate surface area is 117 Å². The van der Waals surface area contributed by atoms with E-state index in [4.69, 9.17) is 4.74 Å². The summed E-state index contributed by atoms with van der Waals surface area (Å²) >= 11 is 3.29. The number of rotatable bonds is 6. The van der Waals surface area contributed by atoms with E-state index in [0.29, 0.717) is 12.6 Å². The van der Waals surface area contributed by atoms with Crippen LogP contribution in [0.15, 0.2) is 16.7 Å². The first-order valence-corrected chi connectivity index (χ1v) is 6.81. The molecule has 19 heavy (non-hydrogen) atoms. The minimum absolute atomic E-state index is 0.264. The molecule has 7 heteroatoms. The fraction of sp³-hybridized carbons (Fsp3) is 0.583. The van der Waals surface area contributed by atoms with Crippen LogP contribution in [0.2, 0.25) is 0 Å². The molecule has 1 aliphatic rings. The third-order valence-corrected chi connectivity index (χ3v) is 3.11. The van der Waals surface area contributed by atoms with Gasteiger partial charge in [0.15, 0.2) is 0 Å². The fourth-order valence-corrected chi connectivity index (χ4v) is 1.91. The molecule has 0 atom stereocenters. The van der Waals surface area contributed by atoms with Crippen LogP contribution in [0, 0.1) is 0 Å². The molecule has 0 spiro atoms. The van der Waals surface area contributed by atoms with Crippen LogP contribution >= 0.6 is 15.9 Å². The molecule has 1 aromatic heterocycles. The lowest BCUT2D eigenvalue weighted by Crippen LogP contribution is -2.18. The van der Waals surface area contributed by atoms with Gasteiger partial charge in [0.25, 0.3) is 0 Å². The van der Waals surface area contributed by atoms with Crippen LogP contribution in [0.4, 0.5) is 13.2 Å². The van der Waals surface area contributed by atoms with Gasteiger partial charge in [0.05, 0.1) is 13.0 Å². The van der Waals surface area contributed by atoms with Crippen molar-refractivity contribution in [1.29, 1.82) is 0 Å². The standard InChI is InChI=1S/C12H14BrF3N2O/c13-9-5-8(6-17-10-1-2-10)11(18-7-9)19-4-3-12(14,15)16/h5,7,10,17H,1-4,6H2. The summed E-state index contributed by atoms with van der Waals surface area (Å²) in [4.78, 5) is 4.02. The van der Waals surface area contributed by atoms with Gasteiger partial charge >= 0.3 is 6.18 Å². The summed E-state index contributed by atoms with van der Waals surface area (Å²) in [6, 6.07) is 2.33. The predicted molar refractivity (Wildman–Crippen MR) is 68.0 cm³/mol. The van der Waals surface area contributed by atoms with Gasteiger partial charge in [-0.25, -0.2) is 4.98 Å². The van der Waals surface area contributed by atoms with E-state index >= 15 is 0 Å². The average Bonchev–Trinajstić information content (AvgIpc) is 3.11. The van der Waals surface area contributed by atoms with Crippen LogP contribution in [-0.2, 0) is 6.54 Å². The molecule has 0 aliphatic heterocycles. The van der Waals surface area contributed by atoms with Crippen molar-refractivity contribution in [3.63, 3.8) is 0 Å². The Balaban J connectivity index is 1.93. The number of hydrogen-bond donors (Lipinski definition) is 1.